The van der Waals surface area contributed by atoms with Crippen molar-refractivity contribution in [3.63, 3.8) is 0 Å². The summed E-state index contributed by atoms with van der Waals surface area (Å²) in [6, 6.07) is 21.5. The Hall–Kier alpha value is -4.98. The monoisotopic (exact) mass is 731 g/mol. The fourth-order valence-electron chi connectivity index (χ4n) is 5.65. The van der Waals surface area contributed by atoms with Crippen molar-refractivity contribution in [2.24, 2.45) is 5.41 Å². The van der Waals surface area contributed by atoms with Crippen LogP contribution in [0.4, 0.5) is 9.59 Å². The van der Waals surface area contributed by atoms with Gasteiger partial charge in [-0.1, -0.05) is 81.4 Å². The van der Waals surface area contributed by atoms with Crippen LogP contribution in [0.3, 0.4) is 0 Å². The molecule has 1 unspecified atom stereocenters. The number of nitrogens with zero attached hydrogens (tertiary/aromatic N) is 1. The zero-order chi connectivity index (χ0) is 38.6. The van der Waals surface area contributed by atoms with Gasteiger partial charge in [0.2, 0.25) is 5.91 Å². The molecule has 0 spiro atoms. The molecular formula is C40H53N5O8. The highest BCUT2D eigenvalue weighted by Crippen LogP contribution is 2.21. The van der Waals surface area contributed by atoms with E-state index in [0.717, 1.165) is 11.1 Å². The van der Waals surface area contributed by atoms with Gasteiger partial charge in [-0.2, -0.15) is 0 Å². The van der Waals surface area contributed by atoms with E-state index in [2.05, 4.69) is 26.3 Å². The van der Waals surface area contributed by atoms with Crippen LogP contribution in [0.25, 0.3) is 11.1 Å². The number of aliphatic hydroxyl groups excluding tert-OH is 2. The number of aliphatic hydroxyl groups is 2. The zero-order valence-corrected chi connectivity index (χ0v) is 31.3. The highest BCUT2D eigenvalue weighted by Gasteiger charge is 2.36. The van der Waals surface area contributed by atoms with Crippen molar-refractivity contribution in [2.75, 3.05) is 13.1 Å². The topological polar surface area (TPSA) is 184 Å². The summed E-state index contributed by atoms with van der Waals surface area (Å²) in [4.78, 5) is 43.6. The molecule has 2 heterocycles. The van der Waals surface area contributed by atoms with Crippen molar-refractivity contribution < 1.29 is 38.5 Å². The number of carbonyl (C=O) groups is 3. The number of hydrogen-bond donors (Lipinski definition) is 6. The van der Waals surface area contributed by atoms with Gasteiger partial charge in [-0.05, 0) is 62.3 Å². The average Bonchev–Trinajstić information content (AvgIpc) is 3.52. The van der Waals surface area contributed by atoms with Crippen LogP contribution < -0.4 is 21.3 Å². The number of rotatable bonds is 16. The van der Waals surface area contributed by atoms with E-state index in [1.807, 2.05) is 81.4 Å². The third-order valence-electron chi connectivity index (χ3n) is 8.34. The Balaban J connectivity index is 1.40. The summed E-state index contributed by atoms with van der Waals surface area (Å²) in [5, 5.41) is 34.2. The van der Waals surface area contributed by atoms with Crippen LogP contribution in [0.2, 0.25) is 0 Å². The molecule has 0 bridgehead atoms. The van der Waals surface area contributed by atoms with E-state index in [-0.39, 0.29) is 26.1 Å². The maximum absolute atomic E-state index is 13.8. The smallest absolute Gasteiger partial charge is 0.408 e. The first-order valence-electron chi connectivity index (χ1n) is 17.8. The fraction of sp³-hybridized carbons (Fsp3) is 0.450. The minimum atomic E-state index is -1.10. The van der Waals surface area contributed by atoms with E-state index >= 15 is 0 Å². The second-order valence-electron chi connectivity index (χ2n) is 15.2. The normalized spacial score (nSPS) is 14.7. The SMILES string of the molecule is CC(C)(C)OC(=O)N[C@H](Cc1ccccc1)[C@@H](O)CNC[C@H](O)C(Cc1ccccc1)NC(=O)[C@H](NC(=O)OCc1cc2ncccc2o1)C(C)(C)C. The van der Waals surface area contributed by atoms with Gasteiger partial charge in [0.15, 0.2) is 12.2 Å². The number of aromatic nitrogens is 1. The maximum atomic E-state index is 13.8. The van der Waals surface area contributed by atoms with Gasteiger partial charge in [0.05, 0.1) is 24.3 Å². The zero-order valence-electron chi connectivity index (χ0n) is 31.3. The minimum Gasteiger partial charge on any atom is -0.456 e. The number of furan rings is 1. The van der Waals surface area contributed by atoms with Crippen LogP contribution in [0.1, 0.15) is 58.4 Å². The molecule has 6 N–H and O–H groups in total. The molecule has 0 saturated heterocycles. The lowest BCUT2D eigenvalue weighted by atomic mass is 9.85. The molecule has 0 aliphatic carbocycles. The Bertz CT molecular complexity index is 1720. The minimum absolute atomic E-state index is 0.00134. The molecule has 0 saturated carbocycles. The van der Waals surface area contributed by atoms with Crippen LogP contribution >= 0.6 is 0 Å². The lowest BCUT2D eigenvalue weighted by Gasteiger charge is -2.33. The number of carbonyl (C=O) groups excluding carboxylic acids is 3. The van der Waals surface area contributed by atoms with Crippen molar-refractivity contribution in [1.29, 1.82) is 0 Å². The van der Waals surface area contributed by atoms with E-state index in [1.54, 1.807) is 45.2 Å². The number of ether oxygens (including phenoxy) is 2. The molecule has 4 aromatic rings. The molecule has 0 aliphatic heterocycles. The van der Waals surface area contributed by atoms with Crippen molar-refractivity contribution in [1.82, 2.24) is 26.3 Å². The van der Waals surface area contributed by atoms with Gasteiger partial charge < -0.3 is 45.4 Å². The summed E-state index contributed by atoms with van der Waals surface area (Å²) in [5.41, 5.74) is 1.54. The first kappa shape index (κ1) is 40.8. The van der Waals surface area contributed by atoms with Crippen LogP contribution in [-0.2, 0) is 33.7 Å². The summed E-state index contributed by atoms with van der Waals surface area (Å²) >= 11 is 0. The lowest BCUT2D eigenvalue weighted by molar-refractivity contribution is -0.127. The molecule has 13 nitrogen and oxygen atoms in total. The Morgan fingerprint density at radius 1 is 0.755 bits per heavy atom. The molecule has 286 valence electrons. The summed E-state index contributed by atoms with van der Waals surface area (Å²) in [7, 11) is 0. The second-order valence-corrected chi connectivity index (χ2v) is 15.2. The molecule has 0 aliphatic rings. The molecule has 4 rings (SSSR count). The van der Waals surface area contributed by atoms with E-state index < -0.39 is 59.4 Å². The number of pyridine rings is 1. The first-order chi connectivity index (χ1) is 25.1. The third-order valence-corrected chi connectivity index (χ3v) is 8.34. The molecule has 2 aromatic heterocycles. The lowest BCUT2D eigenvalue weighted by Crippen LogP contribution is -2.58. The summed E-state index contributed by atoms with van der Waals surface area (Å²) in [6.45, 7) is 10.6. The number of fused-ring (bicyclic) bond motifs is 1. The van der Waals surface area contributed by atoms with E-state index in [1.165, 1.54) is 0 Å². The molecule has 0 fully saturated rings. The number of amides is 3. The molecule has 5 atom stereocenters. The molecule has 2 aromatic carbocycles. The first-order valence-corrected chi connectivity index (χ1v) is 17.8. The van der Waals surface area contributed by atoms with Crippen LogP contribution in [-0.4, -0.2) is 82.3 Å². The Kier molecular flexibility index (Phi) is 14.4. The highest BCUT2D eigenvalue weighted by molar-refractivity contribution is 5.86. The van der Waals surface area contributed by atoms with E-state index in [9.17, 15) is 24.6 Å². The Labute approximate surface area is 310 Å². The van der Waals surface area contributed by atoms with Crippen molar-refractivity contribution >= 4 is 29.2 Å². The third kappa shape index (κ3) is 13.5. The number of alkyl carbamates (subject to hydrolysis) is 2. The van der Waals surface area contributed by atoms with Gasteiger partial charge in [-0.25, -0.2) is 9.59 Å². The van der Waals surface area contributed by atoms with E-state index in [4.69, 9.17) is 13.9 Å². The second kappa shape index (κ2) is 18.7. The molecule has 53 heavy (non-hydrogen) atoms. The largest absolute Gasteiger partial charge is 0.456 e. The molecule has 0 radical (unpaired) electrons. The average molecular weight is 732 g/mol. The van der Waals surface area contributed by atoms with Crippen molar-refractivity contribution in [3.8, 4) is 0 Å². The molecule has 13 heteroatoms. The Morgan fingerprint density at radius 2 is 1.32 bits per heavy atom. The van der Waals surface area contributed by atoms with Gasteiger partial charge >= 0.3 is 12.2 Å². The highest BCUT2D eigenvalue weighted by atomic mass is 16.6. The summed E-state index contributed by atoms with van der Waals surface area (Å²) in [6.07, 6.45) is -1.35. The molecule has 3 amide bonds. The quantitative estimate of drug-likeness (QED) is 0.0949. The summed E-state index contributed by atoms with van der Waals surface area (Å²) in [5.74, 6) is -0.104. The van der Waals surface area contributed by atoms with Crippen LogP contribution in [0.5, 0.6) is 0 Å². The van der Waals surface area contributed by atoms with Gasteiger partial charge in [0, 0.05) is 25.4 Å². The fourth-order valence-corrected chi connectivity index (χ4v) is 5.65. The van der Waals surface area contributed by atoms with Gasteiger partial charge in [-0.3, -0.25) is 9.78 Å². The Morgan fingerprint density at radius 3 is 1.85 bits per heavy atom. The van der Waals surface area contributed by atoms with Gasteiger partial charge in [0.1, 0.15) is 22.9 Å². The van der Waals surface area contributed by atoms with Crippen molar-refractivity contribution in [3.05, 3.63) is 102 Å². The standard InChI is InChI=1S/C40H53N5O8/c1-39(2,3)35(45-37(49)51-25-28-22-31-34(52-28)18-13-19-42-31)36(48)43-29(20-26-14-9-7-10-15-26)32(46)23-41-24-33(47)30(21-27-16-11-8-12-17-27)44-38(50)53-40(4,5)6/h7-19,22,29-30,32-33,35,41,46-47H,20-21,23-25H2,1-6H3,(H,43,48)(H,44,50)(H,45,49)/t29?,30-,32+,33+,35+/m1/s1. The van der Waals surface area contributed by atoms with Gasteiger partial charge in [0.25, 0.3) is 0 Å². The number of hydrogen-bond acceptors (Lipinski definition) is 10. The van der Waals surface area contributed by atoms with Crippen LogP contribution in [0, 0.1) is 5.41 Å². The number of benzene rings is 2. The maximum Gasteiger partial charge on any atom is 0.408 e. The van der Waals surface area contributed by atoms with Gasteiger partial charge in [-0.15, -0.1) is 0 Å². The summed E-state index contributed by atoms with van der Waals surface area (Å²) < 4.78 is 16.5. The molecular weight excluding hydrogens is 678 g/mol. The predicted molar refractivity (Wildman–Crippen MR) is 201 cm³/mol. The van der Waals surface area contributed by atoms with Crippen LogP contribution in [0.15, 0.2) is 89.5 Å². The van der Waals surface area contributed by atoms with E-state index in [0.29, 0.717) is 23.3 Å². The predicted octanol–water partition coefficient (Wildman–Crippen LogP) is 4.64. The van der Waals surface area contributed by atoms with Crippen molar-refractivity contribution in [2.45, 2.75) is 96.9 Å². The number of nitrogens with one attached hydrogen (secondary N) is 4.